The van der Waals surface area contributed by atoms with Crippen LogP contribution in [0.1, 0.15) is 60.8 Å². The Hall–Kier alpha value is -2.30. The zero-order valence-corrected chi connectivity index (χ0v) is 16.4. The third kappa shape index (κ3) is 6.54. The molecule has 5 heteroatoms. The van der Waals surface area contributed by atoms with Crippen molar-refractivity contribution in [2.24, 2.45) is 5.16 Å². The molecule has 0 fully saturated rings. The highest BCUT2D eigenvalue weighted by Gasteiger charge is 2.06. The van der Waals surface area contributed by atoms with Crippen molar-refractivity contribution in [3.05, 3.63) is 46.3 Å². The minimum atomic E-state index is 0.577. The van der Waals surface area contributed by atoms with Crippen molar-refractivity contribution in [2.75, 3.05) is 13.2 Å². The normalized spacial score (nSPS) is 11.2. The Morgan fingerprint density at radius 3 is 2.42 bits per heavy atom. The summed E-state index contributed by atoms with van der Waals surface area (Å²) >= 11 is 0. The summed E-state index contributed by atoms with van der Waals surface area (Å²) < 4.78 is 11.2. The Kier molecular flexibility index (Phi) is 8.19. The number of nitrogens with zero attached hydrogens (tertiary/aromatic N) is 2. The smallest absolute Gasteiger partial charge is 0.136 e. The largest absolute Gasteiger partial charge is 0.493 e. The van der Waals surface area contributed by atoms with E-state index < -0.39 is 0 Å². The summed E-state index contributed by atoms with van der Waals surface area (Å²) in [4.78, 5) is 5.02. The van der Waals surface area contributed by atoms with Crippen molar-refractivity contribution in [1.29, 1.82) is 0 Å². The fourth-order valence-corrected chi connectivity index (χ4v) is 2.92. The van der Waals surface area contributed by atoms with Crippen molar-refractivity contribution in [1.82, 2.24) is 5.16 Å². The van der Waals surface area contributed by atoms with E-state index in [0.717, 1.165) is 66.2 Å². The summed E-state index contributed by atoms with van der Waals surface area (Å²) in [6, 6.07) is 6.16. The molecule has 1 aromatic carbocycles. The van der Waals surface area contributed by atoms with Gasteiger partial charge in [-0.25, -0.2) is 0 Å². The summed E-state index contributed by atoms with van der Waals surface area (Å²) in [5.41, 5.74) is 4.24. The van der Waals surface area contributed by atoms with Crippen LogP contribution in [0.15, 0.2) is 27.9 Å². The van der Waals surface area contributed by atoms with Crippen molar-refractivity contribution >= 4 is 6.21 Å². The monoisotopic (exact) mass is 358 g/mol. The maximum atomic E-state index is 6.01. The number of unbranched alkanes of at least 4 members (excludes halogenated alkanes) is 3. The number of rotatable bonds is 11. The number of benzene rings is 1. The molecule has 0 atom stereocenters. The number of hydrogen-bond donors (Lipinski definition) is 0. The van der Waals surface area contributed by atoms with Crippen molar-refractivity contribution in [3.63, 3.8) is 0 Å². The van der Waals surface area contributed by atoms with E-state index in [-0.39, 0.29) is 0 Å². The molecule has 0 N–H and O–H groups in total. The summed E-state index contributed by atoms with van der Waals surface area (Å²) in [6.45, 7) is 9.33. The van der Waals surface area contributed by atoms with Crippen LogP contribution >= 0.6 is 0 Å². The van der Waals surface area contributed by atoms with Gasteiger partial charge in [0.15, 0.2) is 0 Å². The van der Waals surface area contributed by atoms with Crippen LogP contribution in [0.4, 0.5) is 0 Å². The molecule has 0 amide bonds. The molecule has 142 valence electrons. The van der Waals surface area contributed by atoms with Gasteiger partial charge in [0, 0.05) is 12.5 Å². The number of hydrogen-bond acceptors (Lipinski definition) is 5. The van der Waals surface area contributed by atoms with Gasteiger partial charge in [0.25, 0.3) is 0 Å². The number of aryl methyl sites for hydroxylation is 4. The Morgan fingerprint density at radius 1 is 1.04 bits per heavy atom. The highest BCUT2D eigenvalue weighted by molar-refractivity contribution is 5.80. The lowest BCUT2D eigenvalue weighted by atomic mass is 10.1. The molecule has 0 spiro atoms. The molecule has 0 unspecified atom stereocenters. The summed E-state index contributed by atoms with van der Waals surface area (Å²) in [6.07, 6.45) is 7.22. The minimum absolute atomic E-state index is 0.577. The van der Waals surface area contributed by atoms with Gasteiger partial charge in [0.05, 0.1) is 18.5 Å². The van der Waals surface area contributed by atoms with Crippen LogP contribution in [0.3, 0.4) is 0 Å². The standard InChI is InChI=1S/C21H30N2O3/c1-5-25-22-15-19-12-16(2)21(17(3)13-19)24-11-9-7-6-8-10-20-14-18(4)23-26-20/h12-15H,5-11H2,1-4H3/b22-15+. The second-order valence-corrected chi connectivity index (χ2v) is 6.58. The first kappa shape index (κ1) is 20.0. The fourth-order valence-electron chi connectivity index (χ4n) is 2.92. The van der Waals surface area contributed by atoms with E-state index in [1.54, 1.807) is 6.21 Å². The first-order valence-electron chi connectivity index (χ1n) is 9.41. The number of oxime groups is 1. The van der Waals surface area contributed by atoms with Crippen LogP contribution in [0.5, 0.6) is 5.75 Å². The van der Waals surface area contributed by atoms with Gasteiger partial charge < -0.3 is 14.1 Å². The lowest BCUT2D eigenvalue weighted by Gasteiger charge is -2.13. The average molecular weight is 358 g/mol. The molecule has 1 heterocycles. The van der Waals surface area contributed by atoms with E-state index in [0.29, 0.717) is 6.61 Å². The van der Waals surface area contributed by atoms with E-state index in [1.165, 1.54) is 6.42 Å². The van der Waals surface area contributed by atoms with E-state index in [1.807, 2.05) is 19.9 Å². The zero-order valence-electron chi connectivity index (χ0n) is 16.4. The van der Waals surface area contributed by atoms with Crippen LogP contribution in [-0.4, -0.2) is 24.6 Å². The molecular formula is C21H30N2O3. The Bertz CT molecular complexity index is 684. The molecule has 0 radical (unpaired) electrons. The summed E-state index contributed by atoms with van der Waals surface area (Å²) in [7, 11) is 0. The van der Waals surface area contributed by atoms with Crippen LogP contribution in [0, 0.1) is 20.8 Å². The minimum Gasteiger partial charge on any atom is -0.493 e. The maximum Gasteiger partial charge on any atom is 0.136 e. The third-order valence-corrected chi connectivity index (χ3v) is 4.13. The van der Waals surface area contributed by atoms with Gasteiger partial charge in [-0.1, -0.05) is 23.2 Å². The lowest BCUT2D eigenvalue weighted by Crippen LogP contribution is -2.02. The Balaban J connectivity index is 1.68. The second-order valence-electron chi connectivity index (χ2n) is 6.58. The first-order chi connectivity index (χ1) is 12.6. The molecule has 0 aliphatic rings. The number of ether oxygens (including phenoxy) is 1. The Labute approximate surface area is 156 Å². The van der Waals surface area contributed by atoms with Crippen LogP contribution < -0.4 is 4.74 Å². The molecular weight excluding hydrogens is 328 g/mol. The van der Waals surface area contributed by atoms with Gasteiger partial charge in [0.1, 0.15) is 18.1 Å². The summed E-state index contributed by atoms with van der Waals surface area (Å²) in [5, 5.41) is 7.83. The van der Waals surface area contributed by atoms with E-state index in [4.69, 9.17) is 14.1 Å². The van der Waals surface area contributed by atoms with E-state index in [2.05, 4.69) is 36.3 Å². The zero-order chi connectivity index (χ0) is 18.8. The number of aromatic nitrogens is 1. The molecule has 0 bridgehead atoms. The van der Waals surface area contributed by atoms with Crippen molar-refractivity contribution in [2.45, 2.75) is 59.8 Å². The molecule has 1 aromatic heterocycles. The molecule has 2 aromatic rings. The molecule has 26 heavy (non-hydrogen) atoms. The van der Waals surface area contributed by atoms with Crippen LogP contribution in [0.2, 0.25) is 0 Å². The Morgan fingerprint density at radius 2 is 1.77 bits per heavy atom. The van der Waals surface area contributed by atoms with Gasteiger partial charge in [-0.05, 0) is 69.4 Å². The molecule has 0 saturated heterocycles. The quantitative estimate of drug-likeness (QED) is 0.316. The van der Waals surface area contributed by atoms with Gasteiger partial charge >= 0.3 is 0 Å². The first-order valence-corrected chi connectivity index (χ1v) is 9.41. The van der Waals surface area contributed by atoms with Gasteiger partial charge in [-0.15, -0.1) is 0 Å². The van der Waals surface area contributed by atoms with Crippen molar-refractivity contribution in [3.8, 4) is 5.75 Å². The topological polar surface area (TPSA) is 56.9 Å². The van der Waals surface area contributed by atoms with E-state index in [9.17, 15) is 0 Å². The highest BCUT2D eigenvalue weighted by atomic mass is 16.6. The molecule has 2 rings (SSSR count). The lowest BCUT2D eigenvalue weighted by molar-refractivity contribution is 0.160. The highest BCUT2D eigenvalue weighted by Crippen LogP contribution is 2.24. The molecule has 0 aliphatic heterocycles. The summed E-state index contributed by atoms with van der Waals surface area (Å²) in [5.74, 6) is 1.97. The molecule has 0 saturated carbocycles. The van der Waals surface area contributed by atoms with Crippen LogP contribution in [0.25, 0.3) is 0 Å². The second kappa shape index (κ2) is 10.6. The molecule has 0 aliphatic carbocycles. The van der Waals surface area contributed by atoms with Gasteiger partial charge in [0.2, 0.25) is 0 Å². The van der Waals surface area contributed by atoms with Gasteiger partial charge in [-0.2, -0.15) is 0 Å². The predicted octanol–water partition coefficient (Wildman–Crippen LogP) is 5.15. The van der Waals surface area contributed by atoms with Crippen molar-refractivity contribution < 1.29 is 14.1 Å². The van der Waals surface area contributed by atoms with Crippen LogP contribution in [-0.2, 0) is 11.3 Å². The average Bonchev–Trinajstić information content (AvgIpc) is 3.01. The predicted molar refractivity (Wildman–Crippen MR) is 104 cm³/mol. The fraction of sp³-hybridized carbons (Fsp3) is 0.524. The molecule has 5 nitrogen and oxygen atoms in total. The third-order valence-electron chi connectivity index (χ3n) is 4.13. The van der Waals surface area contributed by atoms with E-state index >= 15 is 0 Å². The maximum absolute atomic E-state index is 6.01. The SMILES string of the molecule is CCO/N=C/c1cc(C)c(OCCCCCCc2cc(C)no2)c(C)c1. The van der Waals surface area contributed by atoms with Gasteiger partial charge in [-0.3, -0.25) is 0 Å².